The second kappa shape index (κ2) is 6.33. The van der Waals surface area contributed by atoms with Crippen LogP contribution in [0.1, 0.15) is 30.6 Å². The Morgan fingerprint density at radius 1 is 1.42 bits per heavy atom. The molecule has 0 radical (unpaired) electrons. The number of aliphatic hydroxyl groups is 1. The van der Waals surface area contributed by atoms with E-state index in [2.05, 4.69) is 14.9 Å². The smallest absolute Gasteiger partial charge is 0.328 e. The Morgan fingerprint density at radius 2 is 2.21 bits per heavy atom. The number of rotatable bonds is 3. The maximum absolute atomic E-state index is 12.0. The van der Waals surface area contributed by atoms with Crippen LogP contribution in [-0.2, 0) is 6.54 Å². The fourth-order valence-electron chi connectivity index (χ4n) is 3.40. The van der Waals surface area contributed by atoms with Gasteiger partial charge >= 0.3 is 5.69 Å². The molecular weight excluding hydrogens is 308 g/mol. The summed E-state index contributed by atoms with van der Waals surface area (Å²) in [5.41, 5.74) is 0.119. The summed E-state index contributed by atoms with van der Waals surface area (Å²) in [5, 5.41) is 10.9. The molecule has 0 aromatic carbocycles. The Labute approximate surface area is 139 Å². The summed E-state index contributed by atoms with van der Waals surface area (Å²) < 4.78 is 1.42. The van der Waals surface area contributed by atoms with Crippen molar-refractivity contribution in [2.45, 2.75) is 38.5 Å². The molecule has 0 bridgehead atoms. The van der Waals surface area contributed by atoms with Gasteiger partial charge in [0, 0.05) is 38.1 Å². The van der Waals surface area contributed by atoms with Crippen molar-refractivity contribution in [3.8, 4) is 0 Å². The van der Waals surface area contributed by atoms with Crippen LogP contribution < -0.4 is 11.2 Å². The van der Waals surface area contributed by atoms with Gasteiger partial charge in [-0.05, 0) is 31.9 Å². The summed E-state index contributed by atoms with van der Waals surface area (Å²) >= 11 is 0. The monoisotopic (exact) mass is 330 g/mol. The standard InChI is InChI=1S/C17H22N4O3/c1-12-4-3-7-18-13(12)10-20-8-5-14(17(2,24)11-20)21-9-6-15(22)19-16(21)23/h3-4,6-7,9,14,24H,5,8,10-11H2,1-2H3,(H,19,22,23)/t14-,17-/m1/s1. The maximum atomic E-state index is 12.0. The largest absolute Gasteiger partial charge is 0.387 e. The van der Waals surface area contributed by atoms with E-state index in [0.29, 0.717) is 19.5 Å². The fourth-order valence-corrected chi connectivity index (χ4v) is 3.40. The van der Waals surface area contributed by atoms with Gasteiger partial charge in [0.25, 0.3) is 5.56 Å². The lowest BCUT2D eigenvalue weighted by molar-refractivity contribution is -0.0606. The third-order valence-electron chi connectivity index (χ3n) is 4.66. The second-order valence-corrected chi connectivity index (χ2v) is 6.66. The van der Waals surface area contributed by atoms with E-state index in [0.717, 1.165) is 17.8 Å². The average Bonchev–Trinajstić information content (AvgIpc) is 2.50. The van der Waals surface area contributed by atoms with E-state index in [1.807, 2.05) is 19.1 Å². The molecule has 0 amide bonds. The summed E-state index contributed by atoms with van der Waals surface area (Å²) in [5.74, 6) is 0. The predicted molar refractivity (Wildman–Crippen MR) is 89.9 cm³/mol. The maximum Gasteiger partial charge on any atom is 0.328 e. The van der Waals surface area contributed by atoms with Gasteiger partial charge in [-0.25, -0.2) is 4.79 Å². The Morgan fingerprint density at radius 3 is 2.88 bits per heavy atom. The number of H-pyrrole nitrogens is 1. The lowest BCUT2D eigenvalue weighted by atomic mass is 9.88. The van der Waals surface area contributed by atoms with Crippen molar-refractivity contribution < 1.29 is 5.11 Å². The van der Waals surface area contributed by atoms with Crippen LogP contribution >= 0.6 is 0 Å². The quantitative estimate of drug-likeness (QED) is 0.852. The molecule has 1 aliphatic heterocycles. The molecule has 2 N–H and O–H groups in total. The van der Waals surface area contributed by atoms with Crippen molar-refractivity contribution in [3.63, 3.8) is 0 Å². The molecular formula is C17H22N4O3. The van der Waals surface area contributed by atoms with Crippen molar-refractivity contribution in [3.05, 3.63) is 62.7 Å². The minimum Gasteiger partial charge on any atom is -0.387 e. The van der Waals surface area contributed by atoms with Gasteiger partial charge in [0.15, 0.2) is 0 Å². The van der Waals surface area contributed by atoms with E-state index >= 15 is 0 Å². The zero-order valence-electron chi connectivity index (χ0n) is 13.9. The first-order valence-corrected chi connectivity index (χ1v) is 8.03. The first-order chi connectivity index (χ1) is 11.4. The highest BCUT2D eigenvalue weighted by molar-refractivity contribution is 5.17. The third-order valence-corrected chi connectivity index (χ3v) is 4.66. The molecule has 7 nitrogen and oxygen atoms in total. The molecule has 7 heteroatoms. The number of nitrogens with one attached hydrogen (secondary N) is 1. The number of hydrogen-bond donors (Lipinski definition) is 2. The lowest BCUT2D eigenvalue weighted by Gasteiger charge is -2.43. The van der Waals surface area contributed by atoms with Crippen molar-refractivity contribution in [2.75, 3.05) is 13.1 Å². The molecule has 0 saturated carbocycles. The van der Waals surface area contributed by atoms with E-state index in [-0.39, 0.29) is 6.04 Å². The Bertz CT molecular complexity index is 840. The molecule has 3 heterocycles. The highest BCUT2D eigenvalue weighted by Gasteiger charge is 2.39. The van der Waals surface area contributed by atoms with E-state index in [1.165, 1.54) is 16.8 Å². The van der Waals surface area contributed by atoms with E-state index in [1.54, 1.807) is 13.1 Å². The molecule has 2 aromatic rings. The zero-order chi connectivity index (χ0) is 17.3. The van der Waals surface area contributed by atoms with Gasteiger partial charge in [0.1, 0.15) is 0 Å². The highest BCUT2D eigenvalue weighted by Crippen LogP contribution is 2.31. The molecule has 1 fully saturated rings. The van der Waals surface area contributed by atoms with Gasteiger partial charge in [0.05, 0.1) is 17.3 Å². The van der Waals surface area contributed by atoms with Crippen molar-refractivity contribution >= 4 is 0 Å². The fraction of sp³-hybridized carbons (Fsp3) is 0.471. The van der Waals surface area contributed by atoms with E-state index < -0.39 is 16.9 Å². The van der Waals surface area contributed by atoms with Gasteiger partial charge in [-0.15, -0.1) is 0 Å². The Hall–Kier alpha value is -2.25. The minimum atomic E-state index is -1.08. The molecule has 3 rings (SSSR count). The van der Waals surface area contributed by atoms with E-state index in [4.69, 9.17) is 0 Å². The number of piperidine rings is 1. The summed E-state index contributed by atoms with van der Waals surface area (Å²) in [7, 11) is 0. The second-order valence-electron chi connectivity index (χ2n) is 6.66. The average molecular weight is 330 g/mol. The van der Waals surface area contributed by atoms with Gasteiger partial charge < -0.3 is 5.11 Å². The third kappa shape index (κ3) is 3.32. The molecule has 2 atom stereocenters. The summed E-state index contributed by atoms with van der Waals surface area (Å²) in [4.78, 5) is 32.0. The predicted octanol–water partition coefficient (Wildman–Crippen LogP) is 0.438. The first kappa shape index (κ1) is 16.6. The molecule has 128 valence electrons. The number of nitrogens with zero attached hydrogens (tertiary/aromatic N) is 3. The van der Waals surface area contributed by atoms with Crippen molar-refractivity contribution in [1.29, 1.82) is 0 Å². The van der Waals surface area contributed by atoms with E-state index in [9.17, 15) is 14.7 Å². The SMILES string of the molecule is Cc1cccnc1CN1CC[C@@H](n2ccc(=O)[nH]c2=O)[C@](C)(O)C1. The number of hydrogen-bond acceptors (Lipinski definition) is 5. The van der Waals surface area contributed by atoms with Crippen LogP contribution in [-0.4, -0.2) is 43.2 Å². The normalized spacial score (nSPS) is 24.9. The summed E-state index contributed by atoms with van der Waals surface area (Å²) in [6.07, 6.45) is 3.84. The topological polar surface area (TPSA) is 91.2 Å². The number of likely N-dealkylation sites (tertiary alicyclic amines) is 1. The molecule has 1 saturated heterocycles. The van der Waals surface area contributed by atoms with Gasteiger partial charge in [-0.1, -0.05) is 6.07 Å². The van der Waals surface area contributed by atoms with Gasteiger partial charge in [-0.3, -0.25) is 24.2 Å². The van der Waals surface area contributed by atoms with Crippen LogP contribution in [0.15, 0.2) is 40.2 Å². The zero-order valence-corrected chi connectivity index (χ0v) is 13.9. The number of β-amino-alcohol motifs (C(OH)–C–C–N with tert-alkyl or cyclic N) is 1. The molecule has 24 heavy (non-hydrogen) atoms. The van der Waals surface area contributed by atoms with Crippen LogP contribution in [0.2, 0.25) is 0 Å². The molecule has 0 aliphatic carbocycles. The molecule has 0 unspecified atom stereocenters. The van der Waals surface area contributed by atoms with Gasteiger partial charge in [-0.2, -0.15) is 0 Å². The van der Waals surface area contributed by atoms with Crippen LogP contribution in [0.25, 0.3) is 0 Å². The van der Waals surface area contributed by atoms with Crippen LogP contribution in [0.4, 0.5) is 0 Å². The Balaban J connectivity index is 1.79. The number of aromatic nitrogens is 3. The Kier molecular flexibility index (Phi) is 4.38. The van der Waals surface area contributed by atoms with Crippen molar-refractivity contribution in [2.24, 2.45) is 0 Å². The molecule has 1 aliphatic rings. The number of pyridine rings is 1. The van der Waals surface area contributed by atoms with Crippen LogP contribution in [0.5, 0.6) is 0 Å². The number of aryl methyl sites for hydroxylation is 1. The van der Waals surface area contributed by atoms with Crippen LogP contribution in [0.3, 0.4) is 0 Å². The van der Waals surface area contributed by atoms with Crippen LogP contribution in [0, 0.1) is 6.92 Å². The van der Waals surface area contributed by atoms with Gasteiger partial charge in [0.2, 0.25) is 0 Å². The molecule has 0 spiro atoms. The molecule has 2 aromatic heterocycles. The number of aromatic amines is 1. The van der Waals surface area contributed by atoms with Crippen molar-refractivity contribution in [1.82, 2.24) is 19.4 Å². The lowest BCUT2D eigenvalue weighted by Crippen LogP contribution is -2.54. The summed E-state index contributed by atoms with van der Waals surface area (Å²) in [6, 6.07) is 4.86. The summed E-state index contributed by atoms with van der Waals surface area (Å²) in [6.45, 7) is 5.58. The first-order valence-electron chi connectivity index (χ1n) is 8.03. The minimum absolute atomic E-state index is 0.372. The highest BCUT2D eigenvalue weighted by atomic mass is 16.3.